The third kappa shape index (κ3) is 4.43. The van der Waals surface area contributed by atoms with E-state index in [9.17, 15) is 5.11 Å². The molecular weight excluding hydrogens is 400 g/mol. The Labute approximate surface area is 188 Å². The quantitative estimate of drug-likeness (QED) is 0.503. The van der Waals surface area contributed by atoms with Crippen LogP contribution in [0.25, 0.3) is 27.9 Å². The molecule has 2 aromatic heterocycles. The molecule has 4 aromatic rings. The van der Waals surface area contributed by atoms with Gasteiger partial charge in [0.05, 0.1) is 25.5 Å². The maximum atomic E-state index is 9.90. The van der Waals surface area contributed by atoms with Gasteiger partial charge < -0.3 is 9.84 Å². The summed E-state index contributed by atoms with van der Waals surface area (Å²) in [4.78, 5) is 7.17. The number of aliphatic hydroxyl groups is 1. The molecule has 1 unspecified atom stereocenters. The monoisotopic (exact) mass is 428 g/mol. The molecule has 2 aromatic carbocycles. The van der Waals surface area contributed by atoms with Crippen LogP contribution in [0.15, 0.2) is 67.1 Å². The molecule has 0 aliphatic carbocycles. The van der Waals surface area contributed by atoms with Crippen LogP contribution in [0.2, 0.25) is 0 Å². The van der Waals surface area contributed by atoms with Gasteiger partial charge >= 0.3 is 0 Å². The fourth-order valence-electron chi connectivity index (χ4n) is 4.17. The first-order valence-corrected chi connectivity index (χ1v) is 11.2. The van der Waals surface area contributed by atoms with E-state index in [1.165, 1.54) is 5.56 Å². The maximum absolute atomic E-state index is 9.90. The van der Waals surface area contributed by atoms with Crippen LogP contribution in [0.1, 0.15) is 24.2 Å². The zero-order valence-corrected chi connectivity index (χ0v) is 18.3. The van der Waals surface area contributed by atoms with Crippen molar-refractivity contribution in [2.45, 2.75) is 19.4 Å². The van der Waals surface area contributed by atoms with Crippen LogP contribution in [0.5, 0.6) is 0 Å². The first-order valence-electron chi connectivity index (χ1n) is 11.2. The Hall–Kier alpha value is -3.06. The number of morpholine rings is 1. The fourth-order valence-corrected chi connectivity index (χ4v) is 4.17. The normalized spacial score (nSPS) is 15.8. The highest BCUT2D eigenvalue weighted by Crippen LogP contribution is 2.27. The highest BCUT2D eigenvalue weighted by atomic mass is 16.5. The molecular formula is C26H28N4O2. The van der Waals surface area contributed by atoms with Crippen LogP contribution in [-0.4, -0.2) is 57.5 Å². The smallest absolute Gasteiger partial charge is 0.162 e. The molecule has 1 N–H and O–H groups in total. The lowest BCUT2D eigenvalue weighted by molar-refractivity contribution is 0.0384. The number of benzene rings is 2. The molecule has 0 bridgehead atoms. The number of rotatable bonds is 6. The minimum Gasteiger partial charge on any atom is -0.389 e. The summed E-state index contributed by atoms with van der Waals surface area (Å²) in [5.74, 6) is 0. The van der Waals surface area contributed by atoms with Gasteiger partial charge in [0.2, 0.25) is 0 Å². The largest absolute Gasteiger partial charge is 0.389 e. The molecule has 0 spiro atoms. The van der Waals surface area contributed by atoms with Crippen molar-refractivity contribution in [3.8, 4) is 22.3 Å². The summed E-state index contributed by atoms with van der Waals surface area (Å²) in [6.45, 7) is 6.58. The molecule has 0 radical (unpaired) electrons. The van der Waals surface area contributed by atoms with Crippen LogP contribution < -0.4 is 0 Å². The number of ether oxygens (including phenoxy) is 1. The molecule has 164 valence electrons. The van der Waals surface area contributed by atoms with Gasteiger partial charge in [-0.25, -0.2) is 9.50 Å². The average Bonchev–Trinajstić information content (AvgIpc) is 3.27. The minimum absolute atomic E-state index is 0.506. The molecule has 3 heterocycles. The van der Waals surface area contributed by atoms with Crippen molar-refractivity contribution in [3.05, 3.63) is 78.2 Å². The van der Waals surface area contributed by atoms with Crippen LogP contribution in [0.3, 0.4) is 0 Å². The number of hydrogen-bond donors (Lipinski definition) is 1. The second-order valence-electron chi connectivity index (χ2n) is 8.37. The van der Waals surface area contributed by atoms with E-state index in [1.54, 1.807) is 6.92 Å². The summed E-state index contributed by atoms with van der Waals surface area (Å²) >= 11 is 0. The van der Waals surface area contributed by atoms with Crippen molar-refractivity contribution >= 4 is 5.65 Å². The Morgan fingerprint density at radius 2 is 1.81 bits per heavy atom. The van der Waals surface area contributed by atoms with Gasteiger partial charge in [0.15, 0.2) is 5.65 Å². The number of fused-ring (bicyclic) bond motifs is 1. The zero-order chi connectivity index (χ0) is 21.9. The molecule has 0 saturated carbocycles. The summed E-state index contributed by atoms with van der Waals surface area (Å²) in [5, 5.41) is 14.4. The van der Waals surface area contributed by atoms with Crippen molar-refractivity contribution in [1.82, 2.24) is 19.5 Å². The van der Waals surface area contributed by atoms with Gasteiger partial charge in [-0.3, -0.25) is 4.90 Å². The van der Waals surface area contributed by atoms with Gasteiger partial charge in [0.25, 0.3) is 0 Å². The number of aliphatic hydroxyl groups excluding tert-OH is 1. The van der Waals surface area contributed by atoms with E-state index in [-0.39, 0.29) is 0 Å². The van der Waals surface area contributed by atoms with E-state index >= 15 is 0 Å². The highest BCUT2D eigenvalue weighted by molar-refractivity contribution is 5.78. The van der Waals surface area contributed by atoms with E-state index in [1.807, 2.05) is 47.4 Å². The first-order chi connectivity index (χ1) is 15.7. The first kappa shape index (κ1) is 20.8. The summed E-state index contributed by atoms with van der Waals surface area (Å²) in [5.41, 5.74) is 7.15. The summed E-state index contributed by atoms with van der Waals surface area (Å²) < 4.78 is 7.25. The predicted molar refractivity (Wildman–Crippen MR) is 125 cm³/mol. The Kier molecular flexibility index (Phi) is 5.99. The average molecular weight is 429 g/mol. The van der Waals surface area contributed by atoms with Crippen molar-refractivity contribution < 1.29 is 9.84 Å². The van der Waals surface area contributed by atoms with Crippen molar-refractivity contribution in [2.24, 2.45) is 0 Å². The second-order valence-corrected chi connectivity index (χ2v) is 8.37. The van der Waals surface area contributed by atoms with Crippen LogP contribution >= 0.6 is 0 Å². The predicted octanol–water partition coefficient (Wildman–Crippen LogP) is 3.99. The number of nitrogens with zero attached hydrogens (tertiary/aromatic N) is 4. The lowest BCUT2D eigenvalue weighted by atomic mass is 10.0. The Bertz CT molecular complexity index is 1190. The van der Waals surface area contributed by atoms with Crippen LogP contribution in [0, 0.1) is 0 Å². The Morgan fingerprint density at radius 1 is 1.00 bits per heavy atom. The van der Waals surface area contributed by atoms with E-state index in [0.717, 1.165) is 72.7 Å². The van der Waals surface area contributed by atoms with Crippen LogP contribution in [-0.2, 0) is 11.2 Å². The Balaban J connectivity index is 1.33. The molecule has 6 nitrogen and oxygen atoms in total. The van der Waals surface area contributed by atoms with E-state index in [0.29, 0.717) is 0 Å². The molecule has 0 amide bonds. The molecule has 1 atom stereocenters. The third-order valence-electron chi connectivity index (χ3n) is 6.14. The Morgan fingerprint density at radius 3 is 2.59 bits per heavy atom. The second kappa shape index (κ2) is 9.20. The van der Waals surface area contributed by atoms with Crippen LogP contribution in [0.4, 0.5) is 0 Å². The topological polar surface area (TPSA) is 62.9 Å². The minimum atomic E-state index is -0.506. The van der Waals surface area contributed by atoms with E-state index < -0.39 is 6.10 Å². The molecule has 1 aliphatic rings. The van der Waals surface area contributed by atoms with Gasteiger partial charge in [-0.05, 0) is 41.7 Å². The fraction of sp³-hybridized carbons (Fsp3) is 0.308. The molecule has 1 fully saturated rings. The van der Waals surface area contributed by atoms with Gasteiger partial charge in [-0.15, -0.1) is 0 Å². The third-order valence-corrected chi connectivity index (χ3v) is 6.14. The van der Waals surface area contributed by atoms with E-state index in [4.69, 9.17) is 9.72 Å². The molecule has 32 heavy (non-hydrogen) atoms. The summed E-state index contributed by atoms with van der Waals surface area (Å²) in [6.07, 6.45) is 6.30. The maximum Gasteiger partial charge on any atom is 0.162 e. The molecule has 1 saturated heterocycles. The molecule has 5 rings (SSSR count). The van der Waals surface area contributed by atoms with Gasteiger partial charge in [0.1, 0.15) is 0 Å². The number of hydrogen-bond acceptors (Lipinski definition) is 5. The van der Waals surface area contributed by atoms with Crippen molar-refractivity contribution in [3.63, 3.8) is 0 Å². The lowest BCUT2D eigenvalue weighted by Gasteiger charge is -2.26. The molecule has 1 aliphatic heterocycles. The number of aromatic nitrogens is 3. The highest BCUT2D eigenvalue weighted by Gasteiger charge is 2.12. The van der Waals surface area contributed by atoms with Gasteiger partial charge in [-0.2, -0.15) is 5.10 Å². The van der Waals surface area contributed by atoms with Gasteiger partial charge in [0, 0.05) is 43.2 Å². The lowest BCUT2D eigenvalue weighted by Crippen LogP contribution is -2.37. The standard InChI is InChI=1S/C26H28N4O2/c1-19(31)22-3-2-4-23(15-22)25-17-28-30-18-24(16-27-26(25)30)21-7-5-20(6-8-21)9-10-29-11-13-32-14-12-29/h2-8,15-19,31H,9-14H2,1H3. The van der Waals surface area contributed by atoms with Crippen molar-refractivity contribution in [1.29, 1.82) is 0 Å². The zero-order valence-electron chi connectivity index (χ0n) is 18.3. The van der Waals surface area contributed by atoms with Gasteiger partial charge in [-0.1, -0.05) is 42.5 Å². The summed E-state index contributed by atoms with van der Waals surface area (Å²) in [7, 11) is 0. The SMILES string of the molecule is CC(O)c1cccc(-c2cnn3cc(-c4ccc(CCN5CCOCC5)cc4)cnc23)c1. The van der Waals surface area contributed by atoms with Crippen molar-refractivity contribution in [2.75, 3.05) is 32.8 Å². The summed E-state index contributed by atoms with van der Waals surface area (Å²) in [6, 6.07) is 16.6. The molecule has 6 heteroatoms. The van der Waals surface area contributed by atoms with E-state index in [2.05, 4.69) is 34.3 Å².